The summed E-state index contributed by atoms with van der Waals surface area (Å²) in [6.45, 7) is 0. The van der Waals surface area contributed by atoms with Crippen molar-refractivity contribution < 1.29 is 53.1 Å². The van der Waals surface area contributed by atoms with Gasteiger partial charge in [-0.15, -0.1) is 0 Å². The molecule has 0 spiro atoms. The van der Waals surface area contributed by atoms with E-state index in [1.807, 2.05) is 7.93 Å². The van der Waals surface area contributed by atoms with Crippen LogP contribution in [0.2, 0.25) is 0 Å². The van der Waals surface area contributed by atoms with Gasteiger partial charge in [-0.1, -0.05) is 0 Å². The Kier molecular flexibility index (Phi) is 79.4. The summed E-state index contributed by atoms with van der Waals surface area (Å²) >= 11 is 4.10. The SMILES string of the molecule is [Mo].[Ni].[PH2][Cu]. The van der Waals surface area contributed by atoms with Crippen LogP contribution in [0.3, 0.4) is 0 Å². The van der Waals surface area contributed by atoms with Crippen molar-refractivity contribution in [3.63, 3.8) is 0 Å². The van der Waals surface area contributed by atoms with E-state index in [-0.39, 0.29) is 37.6 Å². The molecule has 0 aliphatic rings. The van der Waals surface area contributed by atoms with E-state index in [9.17, 15) is 0 Å². The summed E-state index contributed by atoms with van der Waals surface area (Å²) < 4.78 is 0. The van der Waals surface area contributed by atoms with Gasteiger partial charge in [0.05, 0.1) is 0 Å². The Morgan fingerprint density at radius 1 is 1.25 bits per heavy atom. The zero-order valence-corrected chi connectivity index (χ0v) is 6.69. The minimum atomic E-state index is 0. The first-order valence-corrected chi connectivity index (χ1v) is 2.15. The fourth-order valence-electron chi connectivity index (χ4n) is 0. The van der Waals surface area contributed by atoms with Crippen LogP contribution in [0.15, 0.2) is 0 Å². The first-order valence-electron chi connectivity index (χ1n) is 0.174. The first-order chi connectivity index (χ1) is 1.00. The third-order valence-corrected chi connectivity index (χ3v) is 0. The van der Waals surface area contributed by atoms with E-state index in [0.717, 1.165) is 0 Å². The maximum atomic E-state index is 4.10. The van der Waals surface area contributed by atoms with Crippen LogP contribution in [-0.2, 0) is 53.1 Å². The Morgan fingerprint density at radius 2 is 1.25 bits per heavy atom. The van der Waals surface area contributed by atoms with Crippen molar-refractivity contribution in [3.05, 3.63) is 0 Å². The number of rotatable bonds is 0. The zero-order valence-electron chi connectivity index (χ0n) is 1.60. The van der Waals surface area contributed by atoms with Gasteiger partial charge in [0.2, 0.25) is 0 Å². The Balaban J connectivity index is -0.00000000500. The average Bonchev–Trinajstić information content (AvgIpc) is 1.00. The molecule has 1 atom stereocenters. The van der Waals surface area contributed by atoms with Crippen LogP contribution >= 0.6 is 7.93 Å². The van der Waals surface area contributed by atoms with Crippen molar-refractivity contribution in [1.29, 1.82) is 0 Å². The fraction of sp³-hybridized carbons (Fsp3) is 0. The molecule has 0 radical (unpaired) electrons. The predicted octanol–water partition coefficient (Wildman–Crippen LogP) is 0.318. The van der Waals surface area contributed by atoms with Gasteiger partial charge in [-0.2, -0.15) is 0 Å². The Bertz CT molecular complexity index is 8.00. The summed E-state index contributed by atoms with van der Waals surface area (Å²) in [6, 6.07) is 0. The van der Waals surface area contributed by atoms with Crippen LogP contribution in [0.25, 0.3) is 0 Å². The van der Waals surface area contributed by atoms with Gasteiger partial charge in [-0.25, -0.2) is 0 Å². The van der Waals surface area contributed by atoms with Crippen molar-refractivity contribution >= 4 is 7.93 Å². The molecular weight excluding hydrogens is 249 g/mol. The predicted molar refractivity (Wildman–Crippen MR) is 9.71 cm³/mol. The quantitative estimate of drug-likeness (QED) is 0.429. The van der Waals surface area contributed by atoms with Crippen molar-refractivity contribution in [2.45, 2.75) is 0 Å². The molecule has 4 heavy (non-hydrogen) atoms. The van der Waals surface area contributed by atoms with Crippen molar-refractivity contribution in [3.8, 4) is 0 Å². The van der Waals surface area contributed by atoms with E-state index in [0.29, 0.717) is 0 Å². The molecule has 34 valence electrons. The van der Waals surface area contributed by atoms with Gasteiger partial charge in [0.15, 0.2) is 0 Å². The maximum absolute atomic E-state index is 4.10. The fourth-order valence-corrected chi connectivity index (χ4v) is 0. The van der Waals surface area contributed by atoms with E-state index in [1.54, 1.807) is 0 Å². The number of hydrogen-bond donors (Lipinski definition) is 0. The summed E-state index contributed by atoms with van der Waals surface area (Å²) in [6.07, 6.45) is 0. The van der Waals surface area contributed by atoms with Gasteiger partial charge >= 0.3 is 23.5 Å². The first kappa shape index (κ1) is 16.5. The molecule has 0 aliphatic heterocycles. The van der Waals surface area contributed by atoms with Crippen molar-refractivity contribution in [2.24, 2.45) is 0 Å². The molecule has 0 fully saturated rings. The summed E-state index contributed by atoms with van der Waals surface area (Å²) in [5, 5.41) is 0. The van der Waals surface area contributed by atoms with Crippen LogP contribution in [0.4, 0.5) is 0 Å². The van der Waals surface area contributed by atoms with E-state index in [1.165, 1.54) is 0 Å². The molecule has 0 aliphatic carbocycles. The monoisotopic (exact) mass is 252 g/mol. The van der Waals surface area contributed by atoms with Crippen LogP contribution < -0.4 is 0 Å². The molecule has 0 rings (SSSR count). The second-order valence-electron chi connectivity index (χ2n) is 0. The Hall–Kier alpha value is 2.13. The summed E-state index contributed by atoms with van der Waals surface area (Å²) in [7, 11) is 1.98. The molecule has 4 heteroatoms. The van der Waals surface area contributed by atoms with Gasteiger partial charge in [0.25, 0.3) is 0 Å². The second-order valence-corrected chi connectivity index (χ2v) is 0. The van der Waals surface area contributed by atoms with Crippen molar-refractivity contribution in [1.82, 2.24) is 0 Å². The molecule has 0 saturated carbocycles. The zero-order chi connectivity index (χ0) is 2.00. The molecule has 0 heterocycles. The normalized spacial score (nSPS) is 1.75. The van der Waals surface area contributed by atoms with Gasteiger partial charge in [0, 0.05) is 37.6 Å². The van der Waals surface area contributed by atoms with Crippen LogP contribution in [0.1, 0.15) is 0 Å². The molecule has 0 nitrogen and oxygen atoms in total. The minimum absolute atomic E-state index is 0. The molecule has 1 unspecified atom stereocenters. The third-order valence-electron chi connectivity index (χ3n) is 0. The third kappa shape index (κ3) is 8.92. The van der Waals surface area contributed by atoms with Crippen LogP contribution in [0, 0.1) is 0 Å². The molecule has 0 aromatic carbocycles. The van der Waals surface area contributed by atoms with Gasteiger partial charge in [-0.3, -0.25) is 0 Å². The van der Waals surface area contributed by atoms with E-state index >= 15 is 0 Å². The van der Waals surface area contributed by atoms with Gasteiger partial charge < -0.3 is 0 Å². The molecular formula is H2CuMoNiP. The molecule has 0 N–H and O–H groups in total. The molecule has 0 bridgehead atoms. The number of hydrogen-bond acceptors (Lipinski definition) is 0. The molecule has 0 amide bonds. The summed E-state index contributed by atoms with van der Waals surface area (Å²) in [5.41, 5.74) is 0. The second kappa shape index (κ2) is 19.3. The molecule has 0 saturated heterocycles. The Morgan fingerprint density at radius 3 is 1.25 bits per heavy atom. The van der Waals surface area contributed by atoms with Gasteiger partial charge in [-0.05, 0) is 0 Å². The van der Waals surface area contributed by atoms with E-state index < -0.39 is 0 Å². The van der Waals surface area contributed by atoms with E-state index in [2.05, 4.69) is 15.6 Å². The Labute approximate surface area is 60.7 Å². The van der Waals surface area contributed by atoms with Crippen LogP contribution in [-0.4, -0.2) is 0 Å². The average molecular weight is 251 g/mol. The molecule has 0 aromatic rings. The van der Waals surface area contributed by atoms with Crippen molar-refractivity contribution in [2.75, 3.05) is 0 Å². The van der Waals surface area contributed by atoms with Gasteiger partial charge in [0.1, 0.15) is 0 Å². The summed E-state index contributed by atoms with van der Waals surface area (Å²) in [4.78, 5) is 0. The standard InChI is InChI=1S/Cu.Mo.Ni.H2P/h;;;1H2/q+1;;;-1. The summed E-state index contributed by atoms with van der Waals surface area (Å²) in [5.74, 6) is 0. The molecule has 0 aromatic heterocycles. The van der Waals surface area contributed by atoms with Crippen LogP contribution in [0.5, 0.6) is 0 Å². The van der Waals surface area contributed by atoms with E-state index in [4.69, 9.17) is 0 Å². The topological polar surface area (TPSA) is 0 Å².